The summed E-state index contributed by atoms with van der Waals surface area (Å²) >= 11 is 7.49. The molecule has 1 fully saturated rings. The quantitative estimate of drug-likeness (QED) is 0.520. The van der Waals surface area contributed by atoms with Gasteiger partial charge in [0.25, 0.3) is 5.91 Å². The second-order valence-electron chi connectivity index (χ2n) is 8.93. The van der Waals surface area contributed by atoms with Gasteiger partial charge < -0.3 is 14.5 Å². The van der Waals surface area contributed by atoms with Crippen molar-refractivity contribution in [3.05, 3.63) is 40.4 Å². The van der Waals surface area contributed by atoms with Gasteiger partial charge in [0.05, 0.1) is 15.0 Å². The second-order valence-corrected chi connectivity index (χ2v) is 10.6. The van der Waals surface area contributed by atoms with Gasteiger partial charge in [-0.05, 0) is 25.0 Å². The van der Waals surface area contributed by atoms with Crippen molar-refractivity contribution in [2.45, 2.75) is 39.5 Å². The van der Waals surface area contributed by atoms with Gasteiger partial charge >= 0.3 is 6.09 Å². The predicted octanol–water partition coefficient (Wildman–Crippen LogP) is 5.43. The Hall–Kier alpha value is -2.83. The Morgan fingerprint density at radius 2 is 2.06 bits per heavy atom. The van der Waals surface area contributed by atoms with Gasteiger partial charge in [0.2, 0.25) is 0 Å². The molecule has 0 saturated carbocycles. The third-order valence-corrected chi connectivity index (χ3v) is 6.81. The third-order valence-electron chi connectivity index (χ3n) is 5.51. The number of anilines is 2. The molecule has 0 aromatic carbocycles. The number of likely N-dealkylation sites (tertiary alicyclic amines) is 1. The van der Waals surface area contributed by atoms with Crippen molar-refractivity contribution in [3.63, 3.8) is 0 Å². The Kier molecular flexibility index (Phi) is 7.50. The van der Waals surface area contributed by atoms with Crippen LogP contribution in [0.2, 0.25) is 4.34 Å². The molecule has 8 nitrogen and oxygen atoms in total. The van der Waals surface area contributed by atoms with Crippen LogP contribution in [0.3, 0.4) is 0 Å². The van der Waals surface area contributed by atoms with Gasteiger partial charge in [-0.15, -0.1) is 11.3 Å². The largest absolute Gasteiger partial charge is 0.445 e. The van der Waals surface area contributed by atoms with E-state index in [-0.39, 0.29) is 24.5 Å². The summed E-state index contributed by atoms with van der Waals surface area (Å²) in [5.41, 5.74) is 0.253. The first-order chi connectivity index (χ1) is 15.6. The monoisotopic (exact) mass is 489 g/mol. The van der Waals surface area contributed by atoms with Crippen molar-refractivity contribution in [2.24, 2.45) is 5.41 Å². The van der Waals surface area contributed by atoms with Crippen molar-refractivity contribution < 1.29 is 14.3 Å². The number of nitriles is 1. The van der Waals surface area contributed by atoms with Crippen molar-refractivity contribution in [1.82, 2.24) is 14.7 Å². The third kappa shape index (κ3) is 5.23. The Morgan fingerprint density at radius 1 is 1.39 bits per heavy atom. The molecule has 0 atom stereocenters. The van der Waals surface area contributed by atoms with E-state index in [9.17, 15) is 14.9 Å². The SMILES string of the molecule is C=CCOC(=O)N1CCC(c2nn(C(=O)C(C)(C)C)c(N(C)c3ccc(Cl)s3)c2C#N)CC1. The number of carbonyl (C=O) groups excluding carboxylic acids is 2. The number of piperidine rings is 1. The summed E-state index contributed by atoms with van der Waals surface area (Å²) in [7, 11) is 1.80. The zero-order chi connectivity index (χ0) is 24.3. The van der Waals surface area contributed by atoms with E-state index in [1.807, 2.05) is 26.8 Å². The summed E-state index contributed by atoms with van der Waals surface area (Å²) < 4.78 is 7.09. The smallest absolute Gasteiger partial charge is 0.410 e. The molecular formula is C23H28ClN5O3S. The molecule has 2 aromatic rings. The number of ether oxygens (including phenoxy) is 1. The molecule has 1 amide bonds. The van der Waals surface area contributed by atoms with E-state index in [1.54, 1.807) is 22.9 Å². The Labute approximate surface area is 203 Å². The molecule has 0 N–H and O–H groups in total. The number of aromatic nitrogens is 2. The average molecular weight is 490 g/mol. The number of halogens is 1. The van der Waals surface area contributed by atoms with Crippen molar-refractivity contribution in [2.75, 3.05) is 31.6 Å². The van der Waals surface area contributed by atoms with Crippen molar-refractivity contribution in [3.8, 4) is 6.07 Å². The molecule has 3 heterocycles. The molecule has 176 valence electrons. The Balaban J connectivity index is 1.97. The predicted molar refractivity (Wildman–Crippen MR) is 130 cm³/mol. The summed E-state index contributed by atoms with van der Waals surface area (Å²) in [6.07, 6.45) is 2.39. The number of hydrogen-bond donors (Lipinski definition) is 0. The minimum absolute atomic E-state index is 0.0591. The van der Waals surface area contributed by atoms with Crippen LogP contribution in [0.1, 0.15) is 55.6 Å². The Bertz CT molecular complexity index is 1090. The van der Waals surface area contributed by atoms with E-state index in [1.165, 1.54) is 22.1 Å². The lowest BCUT2D eigenvalue weighted by Gasteiger charge is -2.30. The van der Waals surface area contributed by atoms with E-state index < -0.39 is 5.41 Å². The normalized spacial score (nSPS) is 14.6. The van der Waals surface area contributed by atoms with Gasteiger partial charge in [-0.3, -0.25) is 4.79 Å². The summed E-state index contributed by atoms with van der Waals surface area (Å²) in [6.45, 7) is 10.1. The minimum atomic E-state index is -0.697. The van der Waals surface area contributed by atoms with Crippen molar-refractivity contribution >= 4 is 45.8 Å². The first-order valence-electron chi connectivity index (χ1n) is 10.7. The molecule has 33 heavy (non-hydrogen) atoms. The van der Waals surface area contributed by atoms with Crippen LogP contribution in [-0.2, 0) is 4.74 Å². The summed E-state index contributed by atoms with van der Waals surface area (Å²) in [5, 5.41) is 15.6. The fourth-order valence-corrected chi connectivity index (χ4v) is 4.73. The van der Waals surface area contributed by atoms with Gasteiger partial charge in [-0.25, -0.2) is 4.79 Å². The molecule has 1 aliphatic rings. The lowest BCUT2D eigenvalue weighted by Crippen LogP contribution is -2.38. The van der Waals surface area contributed by atoms with Crippen LogP contribution in [0.5, 0.6) is 0 Å². The van der Waals surface area contributed by atoms with Gasteiger partial charge in [0, 0.05) is 31.5 Å². The Morgan fingerprint density at radius 3 is 2.58 bits per heavy atom. The first kappa shape index (κ1) is 24.8. The van der Waals surface area contributed by atoms with Crippen LogP contribution in [0.4, 0.5) is 15.6 Å². The van der Waals surface area contributed by atoms with Gasteiger partial charge in [0.15, 0.2) is 5.82 Å². The van der Waals surface area contributed by atoms with E-state index in [2.05, 4.69) is 17.7 Å². The summed E-state index contributed by atoms with van der Waals surface area (Å²) in [5.74, 6) is 0.162. The van der Waals surface area contributed by atoms with Crippen LogP contribution < -0.4 is 4.90 Å². The topological polar surface area (TPSA) is 91.5 Å². The maximum absolute atomic E-state index is 13.3. The van der Waals surface area contributed by atoms with Gasteiger partial charge in [-0.1, -0.05) is 45.0 Å². The lowest BCUT2D eigenvalue weighted by atomic mass is 9.91. The molecule has 1 saturated heterocycles. The molecule has 0 spiro atoms. The molecule has 0 bridgehead atoms. The molecule has 1 aliphatic heterocycles. The maximum Gasteiger partial charge on any atom is 0.410 e. The van der Waals surface area contributed by atoms with Crippen LogP contribution in [-0.4, -0.2) is 53.4 Å². The molecule has 0 radical (unpaired) electrons. The van der Waals surface area contributed by atoms with Gasteiger partial charge in [0.1, 0.15) is 18.2 Å². The van der Waals surface area contributed by atoms with Crippen LogP contribution >= 0.6 is 22.9 Å². The van der Waals surface area contributed by atoms with Crippen LogP contribution in [0.15, 0.2) is 24.8 Å². The fraction of sp³-hybridized carbons (Fsp3) is 0.478. The first-order valence-corrected chi connectivity index (χ1v) is 11.9. The molecule has 2 aromatic heterocycles. The molecule has 10 heteroatoms. The van der Waals surface area contributed by atoms with Crippen LogP contribution in [0, 0.1) is 16.7 Å². The van der Waals surface area contributed by atoms with E-state index in [0.29, 0.717) is 47.3 Å². The highest BCUT2D eigenvalue weighted by molar-refractivity contribution is 7.20. The number of thiophene rings is 1. The highest BCUT2D eigenvalue weighted by atomic mass is 35.5. The number of rotatable bonds is 5. The number of nitrogens with zero attached hydrogens (tertiary/aromatic N) is 5. The standard InChI is InChI=1S/C23H28ClN5O3S/c1-6-13-32-22(31)28-11-9-15(10-12-28)19-16(14-25)20(27(5)18-8-7-17(24)33-18)29(26-19)21(30)23(2,3)4/h6-8,15H,1,9-13H2,2-5H3. The number of amides is 1. The summed E-state index contributed by atoms with van der Waals surface area (Å²) in [6, 6.07) is 5.91. The molecular weight excluding hydrogens is 462 g/mol. The zero-order valence-corrected chi connectivity index (χ0v) is 20.9. The highest BCUT2D eigenvalue weighted by Gasteiger charge is 2.35. The summed E-state index contributed by atoms with van der Waals surface area (Å²) in [4.78, 5) is 28.9. The highest BCUT2D eigenvalue weighted by Crippen LogP contribution is 2.39. The van der Waals surface area contributed by atoms with Crippen molar-refractivity contribution in [1.29, 1.82) is 5.26 Å². The molecule has 3 rings (SSSR count). The van der Waals surface area contributed by atoms with E-state index >= 15 is 0 Å². The fourth-order valence-electron chi connectivity index (χ4n) is 3.73. The number of hydrogen-bond acceptors (Lipinski definition) is 7. The average Bonchev–Trinajstić information content (AvgIpc) is 3.39. The van der Waals surface area contributed by atoms with E-state index in [0.717, 1.165) is 5.00 Å². The van der Waals surface area contributed by atoms with E-state index in [4.69, 9.17) is 16.3 Å². The second kappa shape index (κ2) is 9.98. The zero-order valence-electron chi connectivity index (χ0n) is 19.3. The maximum atomic E-state index is 13.3. The minimum Gasteiger partial charge on any atom is -0.445 e. The number of carbonyl (C=O) groups is 2. The molecule has 0 unspecified atom stereocenters. The van der Waals surface area contributed by atoms with Crippen LogP contribution in [0.25, 0.3) is 0 Å². The lowest BCUT2D eigenvalue weighted by molar-refractivity contribution is 0.0750. The van der Waals surface area contributed by atoms with Gasteiger partial charge in [-0.2, -0.15) is 15.0 Å². The molecule has 0 aliphatic carbocycles.